The van der Waals surface area contributed by atoms with E-state index in [9.17, 15) is 9.59 Å². The first kappa shape index (κ1) is 18.2. The lowest BCUT2D eigenvalue weighted by molar-refractivity contribution is -0.136. The SMILES string of the molecule is CC(C)COc1ccc(C(C)(C)C)cc1C(=O)CCC(=O)O. The molecule has 0 bridgehead atoms. The number of carboxylic acids is 1. The highest BCUT2D eigenvalue weighted by molar-refractivity contribution is 6.00. The number of ether oxygens (including phenoxy) is 1. The van der Waals surface area contributed by atoms with Crippen LogP contribution in [0.1, 0.15) is 63.4 Å². The number of hydrogen-bond donors (Lipinski definition) is 1. The number of rotatable bonds is 7. The second kappa shape index (κ2) is 7.43. The highest BCUT2D eigenvalue weighted by Gasteiger charge is 2.20. The van der Waals surface area contributed by atoms with Crippen molar-refractivity contribution in [1.82, 2.24) is 0 Å². The Morgan fingerprint density at radius 2 is 1.82 bits per heavy atom. The second-order valence-corrected chi connectivity index (χ2v) is 6.98. The molecule has 1 rings (SSSR count). The molecule has 0 saturated heterocycles. The summed E-state index contributed by atoms with van der Waals surface area (Å²) in [6, 6.07) is 5.61. The molecule has 0 fully saturated rings. The Labute approximate surface area is 132 Å². The number of benzene rings is 1. The van der Waals surface area contributed by atoms with Gasteiger partial charge in [0.05, 0.1) is 18.6 Å². The van der Waals surface area contributed by atoms with E-state index in [1.54, 1.807) is 0 Å². The van der Waals surface area contributed by atoms with E-state index in [0.29, 0.717) is 23.8 Å². The van der Waals surface area contributed by atoms with Gasteiger partial charge < -0.3 is 9.84 Å². The van der Waals surface area contributed by atoms with Crippen molar-refractivity contribution in [2.24, 2.45) is 5.92 Å². The molecule has 4 nitrogen and oxygen atoms in total. The maximum atomic E-state index is 12.4. The van der Waals surface area contributed by atoms with Crippen molar-refractivity contribution in [3.05, 3.63) is 29.3 Å². The lowest BCUT2D eigenvalue weighted by Gasteiger charge is -2.21. The minimum atomic E-state index is -0.968. The molecular weight excluding hydrogens is 280 g/mol. The highest BCUT2D eigenvalue weighted by Crippen LogP contribution is 2.29. The zero-order valence-corrected chi connectivity index (χ0v) is 14.1. The van der Waals surface area contributed by atoms with Gasteiger partial charge in [0.25, 0.3) is 0 Å². The Balaban J connectivity index is 3.10. The molecule has 0 spiro atoms. The fraction of sp³-hybridized carbons (Fsp3) is 0.556. The van der Waals surface area contributed by atoms with Gasteiger partial charge in [0.1, 0.15) is 5.75 Å². The van der Waals surface area contributed by atoms with E-state index in [-0.39, 0.29) is 24.0 Å². The largest absolute Gasteiger partial charge is 0.493 e. The van der Waals surface area contributed by atoms with Crippen LogP contribution in [-0.4, -0.2) is 23.5 Å². The third-order valence-corrected chi connectivity index (χ3v) is 3.28. The molecule has 0 aliphatic heterocycles. The van der Waals surface area contributed by atoms with Gasteiger partial charge in [0.2, 0.25) is 0 Å². The van der Waals surface area contributed by atoms with Crippen LogP contribution in [-0.2, 0) is 10.2 Å². The fourth-order valence-electron chi connectivity index (χ4n) is 1.95. The van der Waals surface area contributed by atoms with E-state index in [0.717, 1.165) is 5.56 Å². The fourth-order valence-corrected chi connectivity index (χ4v) is 1.95. The molecule has 0 aliphatic carbocycles. The van der Waals surface area contributed by atoms with E-state index < -0.39 is 5.97 Å². The standard InChI is InChI=1S/C18H26O4/c1-12(2)11-22-16-8-6-13(18(3,4)5)10-14(16)15(19)7-9-17(20)21/h6,8,10,12H,7,9,11H2,1-5H3,(H,20,21). The minimum Gasteiger partial charge on any atom is -0.493 e. The molecule has 0 atom stereocenters. The topological polar surface area (TPSA) is 63.6 Å². The third kappa shape index (κ3) is 5.51. The number of ketones is 1. The van der Waals surface area contributed by atoms with Crippen LogP contribution in [0.25, 0.3) is 0 Å². The normalized spacial score (nSPS) is 11.5. The van der Waals surface area contributed by atoms with Gasteiger partial charge in [0.15, 0.2) is 5.78 Å². The highest BCUT2D eigenvalue weighted by atomic mass is 16.5. The lowest BCUT2D eigenvalue weighted by atomic mass is 9.85. The summed E-state index contributed by atoms with van der Waals surface area (Å²) in [5.41, 5.74) is 1.43. The van der Waals surface area contributed by atoms with Crippen molar-refractivity contribution in [3.8, 4) is 5.75 Å². The van der Waals surface area contributed by atoms with Crippen LogP contribution in [0.15, 0.2) is 18.2 Å². The monoisotopic (exact) mass is 306 g/mol. The first-order valence-corrected chi connectivity index (χ1v) is 7.63. The van der Waals surface area contributed by atoms with Crippen molar-refractivity contribution in [2.75, 3.05) is 6.61 Å². The lowest BCUT2D eigenvalue weighted by Crippen LogP contribution is -2.15. The Morgan fingerprint density at radius 1 is 1.18 bits per heavy atom. The van der Waals surface area contributed by atoms with Gasteiger partial charge in [-0.2, -0.15) is 0 Å². The minimum absolute atomic E-state index is 0.0129. The van der Waals surface area contributed by atoms with Crippen LogP contribution in [0.3, 0.4) is 0 Å². The summed E-state index contributed by atoms with van der Waals surface area (Å²) < 4.78 is 5.73. The van der Waals surface area contributed by atoms with E-state index in [1.165, 1.54) is 0 Å². The summed E-state index contributed by atoms with van der Waals surface area (Å²) in [5, 5.41) is 8.76. The zero-order chi connectivity index (χ0) is 16.9. The number of carboxylic acid groups (broad SMARTS) is 1. The van der Waals surface area contributed by atoms with Crippen LogP contribution >= 0.6 is 0 Å². The third-order valence-electron chi connectivity index (χ3n) is 3.28. The predicted molar refractivity (Wildman–Crippen MR) is 86.7 cm³/mol. The summed E-state index contributed by atoms with van der Waals surface area (Å²) in [4.78, 5) is 23.0. The summed E-state index contributed by atoms with van der Waals surface area (Å²) >= 11 is 0. The van der Waals surface area contributed by atoms with Gasteiger partial charge >= 0.3 is 5.97 Å². The Bertz CT molecular complexity index is 539. The van der Waals surface area contributed by atoms with Crippen molar-refractivity contribution in [3.63, 3.8) is 0 Å². The number of aliphatic carboxylic acids is 1. The molecule has 0 aromatic heterocycles. The van der Waals surface area contributed by atoms with Crippen molar-refractivity contribution >= 4 is 11.8 Å². The first-order valence-electron chi connectivity index (χ1n) is 7.63. The van der Waals surface area contributed by atoms with Crippen molar-refractivity contribution < 1.29 is 19.4 Å². The molecular formula is C18H26O4. The van der Waals surface area contributed by atoms with Crippen molar-refractivity contribution in [2.45, 2.75) is 52.9 Å². The molecule has 0 saturated carbocycles. The smallest absolute Gasteiger partial charge is 0.303 e. The number of Topliss-reactive ketones (excluding diaryl/α,β-unsaturated/α-hetero) is 1. The van der Waals surface area contributed by atoms with E-state index >= 15 is 0 Å². The number of carbonyl (C=O) groups is 2. The average molecular weight is 306 g/mol. The summed E-state index contributed by atoms with van der Waals surface area (Å²) in [6.45, 7) is 10.8. The summed E-state index contributed by atoms with van der Waals surface area (Å²) in [6.07, 6.45) is -0.177. The predicted octanol–water partition coefficient (Wildman–Crippen LogP) is 4.07. The average Bonchev–Trinajstić information content (AvgIpc) is 2.41. The van der Waals surface area contributed by atoms with Crippen LogP contribution in [0.4, 0.5) is 0 Å². The van der Waals surface area contributed by atoms with Crippen LogP contribution in [0, 0.1) is 5.92 Å². The quantitative estimate of drug-likeness (QED) is 0.771. The zero-order valence-electron chi connectivity index (χ0n) is 14.1. The molecule has 0 heterocycles. The van der Waals surface area contributed by atoms with Gasteiger partial charge in [-0.3, -0.25) is 9.59 Å². The van der Waals surface area contributed by atoms with Crippen LogP contribution in [0.5, 0.6) is 5.75 Å². The van der Waals surface area contributed by atoms with Gasteiger partial charge in [0, 0.05) is 6.42 Å². The maximum Gasteiger partial charge on any atom is 0.303 e. The van der Waals surface area contributed by atoms with Crippen LogP contribution < -0.4 is 4.74 Å². The molecule has 0 aliphatic rings. The van der Waals surface area contributed by atoms with Gasteiger partial charge in [-0.05, 0) is 29.0 Å². The van der Waals surface area contributed by atoms with E-state index in [4.69, 9.17) is 9.84 Å². The molecule has 1 aromatic rings. The van der Waals surface area contributed by atoms with Gasteiger partial charge in [-0.1, -0.05) is 40.7 Å². The summed E-state index contributed by atoms with van der Waals surface area (Å²) in [7, 11) is 0. The molecule has 0 amide bonds. The van der Waals surface area contributed by atoms with E-state index in [2.05, 4.69) is 20.8 Å². The Hall–Kier alpha value is -1.84. The van der Waals surface area contributed by atoms with Gasteiger partial charge in [-0.25, -0.2) is 0 Å². The molecule has 4 heteroatoms. The molecule has 22 heavy (non-hydrogen) atoms. The molecule has 0 unspecified atom stereocenters. The van der Waals surface area contributed by atoms with Gasteiger partial charge in [-0.15, -0.1) is 0 Å². The maximum absolute atomic E-state index is 12.4. The number of hydrogen-bond acceptors (Lipinski definition) is 3. The molecule has 1 N–H and O–H groups in total. The molecule has 122 valence electrons. The Kier molecular flexibility index (Phi) is 6.15. The van der Waals surface area contributed by atoms with E-state index in [1.807, 2.05) is 32.0 Å². The number of carbonyl (C=O) groups excluding carboxylic acids is 1. The summed E-state index contributed by atoms with van der Waals surface area (Å²) in [5.74, 6) is -0.265. The van der Waals surface area contributed by atoms with Crippen LogP contribution in [0.2, 0.25) is 0 Å². The first-order chi connectivity index (χ1) is 10.1. The molecule has 1 aromatic carbocycles. The van der Waals surface area contributed by atoms with Crippen molar-refractivity contribution in [1.29, 1.82) is 0 Å². The second-order valence-electron chi connectivity index (χ2n) is 6.98. The Morgan fingerprint density at radius 3 is 2.32 bits per heavy atom. The molecule has 0 radical (unpaired) electrons.